The smallest absolute Gasteiger partial charge is 0.135 e. The van der Waals surface area contributed by atoms with Crippen LogP contribution in [-0.4, -0.2) is 31.5 Å². The van der Waals surface area contributed by atoms with Crippen molar-refractivity contribution in [2.45, 2.75) is 84.8 Å². The Bertz CT molecular complexity index is 548. The number of unbranched alkanes of at least 4 members (excludes halogenated alkanes) is 2. The van der Waals surface area contributed by atoms with Gasteiger partial charge in [-0.1, -0.05) is 43.1 Å². The monoisotopic (exact) mass is 362 g/mol. The van der Waals surface area contributed by atoms with Gasteiger partial charge in [0.05, 0.1) is 0 Å². The molecule has 2 atom stereocenters. The molecule has 0 aliphatic heterocycles. The van der Waals surface area contributed by atoms with Gasteiger partial charge in [0.15, 0.2) is 0 Å². The third-order valence-electron chi connectivity index (χ3n) is 4.94. The molecule has 2 unspecified atom stereocenters. The molecule has 1 N–H and O–H groups in total. The third-order valence-corrected chi connectivity index (χ3v) is 4.94. The number of rotatable bonds is 11. The number of aliphatic hydroxyl groups excluding tert-OH is 1. The van der Waals surface area contributed by atoms with Gasteiger partial charge in [0.25, 0.3) is 0 Å². The maximum Gasteiger partial charge on any atom is 0.135 e. The first-order valence-electron chi connectivity index (χ1n) is 9.91. The van der Waals surface area contributed by atoms with Crippen LogP contribution in [0.3, 0.4) is 0 Å². The molecule has 0 fully saturated rings. The van der Waals surface area contributed by atoms with Gasteiger partial charge in [-0.25, -0.2) is 0 Å². The van der Waals surface area contributed by atoms with E-state index in [1.54, 1.807) is 14.2 Å². The zero-order valence-corrected chi connectivity index (χ0v) is 17.6. The molecule has 0 bridgehead atoms. The van der Waals surface area contributed by atoms with Crippen LogP contribution >= 0.6 is 0 Å². The van der Waals surface area contributed by atoms with Crippen LogP contribution in [0.2, 0.25) is 0 Å². The van der Waals surface area contributed by atoms with Crippen LogP contribution < -0.4 is 0 Å². The Hall–Kier alpha value is -1.32. The van der Waals surface area contributed by atoms with Crippen LogP contribution in [0.4, 0.5) is 0 Å². The van der Waals surface area contributed by atoms with E-state index >= 15 is 0 Å². The van der Waals surface area contributed by atoms with Crippen molar-refractivity contribution >= 4 is 0 Å². The minimum Gasteiger partial charge on any atom is -0.509 e. The molecule has 26 heavy (non-hydrogen) atoms. The van der Waals surface area contributed by atoms with Crippen molar-refractivity contribution in [2.75, 3.05) is 14.2 Å². The molecule has 0 radical (unpaired) electrons. The molecule has 0 heterocycles. The molecular formula is C23H38O3. The van der Waals surface area contributed by atoms with E-state index in [1.807, 2.05) is 0 Å². The molecule has 1 aliphatic carbocycles. The average molecular weight is 363 g/mol. The summed E-state index contributed by atoms with van der Waals surface area (Å²) in [6, 6.07) is 0. The second-order valence-corrected chi connectivity index (χ2v) is 7.46. The summed E-state index contributed by atoms with van der Waals surface area (Å²) in [5, 5.41) is 10.8. The lowest BCUT2D eigenvalue weighted by Gasteiger charge is -2.30. The summed E-state index contributed by atoms with van der Waals surface area (Å²) >= 11 is 0. The van der Waals surface area contributed by atoms with E-state index in [9.17, 15) is 5.11 Å². The quantitative estimate of drug-likeness (QED) is 0.340. The van der Waals surface area contributed by atoms with E-state index in [0.29, 0.717) is 12.2 Å². The Morgan fingerprint density at radius 1 is 1.12 bits per heavy atom. The summed E-state index contributed by atoms with van der Waals surface area (Å²) in [6.45, 7) is 8.61. The van der Waals surface area contributed by atoms with Crippen LogP contribution in [0.15, 0.2) is 46.3 Å². The van der Waals surface area contributed by atoms with Gasteiger partial charge < -0.3 is 14.6 Å². The molecular weight excluding hydrogens is 324 g/mol. The minimum atomic E-state index is -0.326. The van der Waals surface area contributed by atoms with Crippen molar-refractivity contribution in [3.63, 3.8) is 0 Å². The topological polar surface area (TPSA) is 38.7 Å². The average Bonchev–Trinajstić information content (AvgIpc) is 2.60. The van der Waals surface area contributed by atoms with Gasteiger partial charge in [-0.15, -0.1) is 0 Å². The van der Waals surface area contributed by atoms with E-state index in [1.165, 1.54) is 24.0 Å². The predicted octanol–water partition coefficient (Wildman–Crippen LogP) is 6.43. The van der Waals surface area contributed by atoms with Gasteiger partial charge in [-0.3, -0.25) is 0 Å². The number of methoxy groups -OCH3 is 2. The Morgan fingerprint density at radius 3 is 2.42 bits per heavy atom. The van der Waals surface area contributed by atoms with Crippen LogP contribution in [0.25, 0.3) is 0 Å². The van der Waals surface area contributed by atoms with Gasteiger partial charge in [0.1, 0.15) is 18.0 Å². The highest BCUT2D eigenvalue weighted by Crippen LogP contribution is 2.32. The zero-order valence-electron chi connectivity index (χ0n) is 17.6. The highest BCUT2D eigenvalue weighted by Gasteiger charge is 2.30. The Labute approximate surface area is 160 Å². The number of hydrogen-bond acceptors (Lipinski definition) is 3. The maximum atomic E-state index is 10.8. The molecule has 0 aromatic rings. The predicted molar refractivity (Wildman–Crippen MR) is 111 cm³/mol. The first-order chi connectivity index (χ1) is 12.4. The van der Waals surface area contributed by atoms with Crippen molar-refractivity contribution in [1.29, 1.82) is 0 Å². The summed E-state index contributed by atoms with van der Waals surface area (Å²) in [5.74, 6) is 0.335. The lowest BCUT2D eigenvalue weighted by molar-refractivity contribution is 0.0932. The van der Waals surface area contributed by atoms with Gasteiger partial charge in [0, 0.05) is 19.8 Å². The number of hydrogen-bond donors (Lipinski definition) is 1. The largest absolute Gasteiger partial charge is 0.509 e. The summed E-state index contributed by atoms with van der Waals surface area (Å²) in [7, 11) is 3.37. The summed E-state index contributed by atoms with van der Waals surface area (Å²) in [6.07, 6.45) is 13.4. The summed E-state index contributed by atoms with van der Waals surface area (Å²) in [5.41, 5.74) is 4.75. The normalized spacial score (nSPS) is 21.0. The lowest BCUT2D eigenvalue weighted by Crippen LogP contribution is -2.29. The first kappa shape index (κ1) is 22.7. The molecule has 0 aromatic carbocycles. The van der Waals surface area contributed by atoms with Gasteiger partial charge in [-0.05, 0) is 64.5 Å². The van der Waals surface area contributed by atoms with Crippen LogP contribution in [0.1, 0.15) is 72.6 Å². The molecule has 0 aromatic heterocycles. The van der Waals surface area contributed by atoms with E-state index in [2.05, 4.69) is 45.9 Å². The highest BCUT2D eigenvalue weighted by atomic mass is 16.5. The van der Waals surface area contributed by atoms with E-state index < -0.39 is 0 Å². The molecule has 3 nitrogen and oxygen atoms in total. The first-order valence-corrected chi connectivity index (χ1v) is 9.91. The molecule has 3 heteroatoms. The molecule has 148 valence electrons. The molecule has 0 spiro atoms. The van der Waals surface area contributed by atoms with Gasteiger partial charge >= 0.3 is 0 Å². The number of aliphatic hydroxyl groups is 1. The SMILES string of the molecule is CCCCCC1=CC(OC)C(C/C=C(\C)CCC=C(C)C)=C(O)C1OC. The number of ether oxygens (including phenoxy) is 2. The Balaban J connectivity index is 2.85. The van der Waals surface area contributed by atoms with Crippen molar-refractivity contribution in [3.8, 4) is 0 Å². The van der Waals surface area contributed by atoms with Gasteiger partial charge in [0.2, 0.25) is 0 Å². The molecule has 0 saturated heterocycles. The fourth-order valence-electron chi connectivity index (χ4n) is 3.33. The minimum absolute atomic E-state index is 0.167. The maximum absolute atomic E-state index is 10.8. The molecule has 1 aliphatic rings. The van der Waals surface area contributed by atoms with Crippen LogP contribution in [0.5, 0.6) is 0 Å². The molecule has 1 rings (SSSR count). The fraction of sp³-hybridized carbons (Fsp3) is 0.652. The third kappa shape index (κ3) is 7.13. The van der Waals surface area contributed by atoms with E-state index in [4.69, 9.17) is 9.47 Å². The molecule has 0 amide bonds. The second kappa shape index (κ2) is 12.1. The van der Waals surface area contributed by atoms with Crippen molar-refractivity contribution in [1.82, 2.24) is 0 Å². The van der Waals surface area contributed by atoms with E-state index in [-0.39, 0.29) is 12.2 Å². The summed E-state index contributed by atoms with van der Waals surface area (Å²) < 4.78 is 11.3. The lowest BCUT2D eigenvalue weighted by atomic mass is 9.87. The zero-order chi connectivity index (χ0) is 19.5. The Morgan fingerprint density at radius 2 is 1.85 bits per heavy atom. The van der Waals surface area contributed by atoms with E-state index in [0.717, 1.165) is 36.8 Å². The van der Waals surface area contributed by atoms with Crippen molar-refractivity contribution in [2.24, 2.45) is 0 Å². The Kier molecular flexibility index (Phi) is 10.6. The highest BCUT2D eigenvalue weighted by molar-refractivity contribution is 5.37. The van der Waals surface area contributed by atoms with Crippen LogP contribution in [-0.2, 0) is 9.47 Å². The van der Waals surface area contributed by atoms with Crippen LogP contribution in [0, 0.1) is 0 Å². The van der Waals surface area contributed by atoms with Crippen molar-refractivity contribution in [3.05, 3.63) is 46.3 Å². The molecule has 0 saturated carbocycles. The standard InChI is InChI=1S/C23H38O3/c1-7-8-9-13-19-16-21(25-5)20(22(24)23(19)26-6)15-14-18(4)12-10-11-17(2)3/h11,14,16,21,23-24H,7-10,12-13,15H2,1-6H3/b18-14+. The van der Waals surface area contributed by atoms with Crippen molar-refractivity contribution < 1.29 is 14.6 Å². The fourth-order valence-corrected chi connectivity index (χ4v) is 3.33. The second-order valence-electron chi connectivity index (χ2n) is 7.46. The van der Waals surface area contributed by atoms with Gasteiger partial charge in [-0.2, -0.15) is 0 Å². The number of allylic oxidation sites excluding steroid dienone is 4. The summed E-state index contributed by atoms with van der Waals surface area (Å²) in [4.78, 5) is 0.